The number of aromatic nitrogens is 1. The van der Waals surface area contributed by atoms with Gasteiger partial charge < -0.3 is 5.11 Å². The molecule has 3 aromatic rings. The second-order valence-corrected chi connectivity index (χ2v) is 8.62. The highest BCUT2D eigenvalue weighted by Gasteiger charge is 2.50. The van der Waals surface area contributed by atoms with Crippen LogP contribution in [0.1, 0.15) is 23.7 Å². The van der Waals surface area contributed by atoms with E-state index in [-0.39, 0.29) is 35.1 Å². The van der Waals surface area contributed by atoms with Crippen LogP contribution in [0.5, 0.6) is 0 Å². The van der Waals surface area contributed by atoms with Crippen molar-refractivity contribution in [3.63, 3.8) is 0 Å². The molecule has 1 aromatic heterocycles. The first-order chi connectivity index (χ1) is 15.4. The lowest BCUT2D eigenvalue weighted by Gasteiger charge is -2.22. The van der Waals surface area contributed by atoms with Crippen LogP contribution in [0.15, 0.2) is 60.7 Å². The van der Waals surface area contributed by atoms with Crippen LogP contribution < -0.4 is 4.90 Å². The monoisotopic (exact) mass is 446 g/mol. The quantitative estimate of drug-likeness (QED) is 0.454. The average molecular weight is 447 g/mol. The summed E-state index contributed by atoms with van der Waals surface area (Å²) in [5.74, 6) is -2.04. The molecular formula is C25H19ClN2O4. The van der Waals surface area contributed by atoms with Gasteiger partial charge in [0, 0.05) is 10.9 Å². The molecule has 2 heterocycles. The number of hydrogen-bond acceptors (Lipinski definition) is 4. The number of nitrogens with zero attached hydrogens (tertiary/aromatic N) is 2. The van der Waals surface area contributed by atoms with Crippen molar-refractivity contribution in [2.45, 2.75) is 13.3 Å². The highest BCUT2D eigenvalue weighted by Crippen LogP contribution is 2.40. The van der Waals surface area contributed by atoms with E-state index in [0.717, 1.165) is 0 Å². The molecule has 3 atom stereocenters. The summed E-state index contributed by atoms with van der Waals surface area (Å²) < 4.78 is 0. The number of carboxylic acid groups (broad SMARTS) is 1. The number of anilines is 1. The Balaban J connectivity index is 1.53. The van der Waals surface area contributed by atoms with Crippen LogP contribution in [-0.4, -0.2) is 27.9 Å². The molecule has 5 rings (SSSR count). The van der Waals surface area contributed by atoms with Crippen LogP contribution in [0.4, 0.5) is 5.69 Å². The van der Waals surface area contributed by atoms with Gasteiger partial charge in [-0.3, -0.25) is 14.5 Å². The number of fused-ring (bicyclic) bond motifs is 2. The van der Waals surface area contributed by atoms with E-state index >= 15 is 0 Å². The van der Waals surface area contributed by atoms with Crippen molar-refractivity contribution < 1.29 is 19.5 Å². The van der Waals surface area contributed by atoms with E-state index in [1.807, 2.05) is 19.1 Å². The van der Waals surface area contributed by atoms with Crippen molar-refractivity contribution in [3.8, 4) is 11.3 Å². The molecule has 1 N–H and O–H groups in total. The number of carboxylic acids is 1. The maximum Gasteiger partial charge on any atom is 0.336 e. The van der Waals surface area contributed by atoms with E-state index in [9.17, 15) is 19.5 Å². The van der Waals surface area contributed by atoms with Crippen LogP contribution in [0.2, 0.25) is 5.02 Å². The first kappa shape index (κ1) is 20.4. The lowest BCUT2D eigenvalue weighted by Crippen LogP contribution is -2.31. The fourth-order valence-corrected chi connectivity index (χ4v) is 4.94. The largest absolute Gasteiger partial charge is 0.478 e. The van der Waals surface area contributed by atoms with Crippen molar-refractivity contribution in [1.82, 2.24) is 4.98 Å². The van der Waals surface area contributed by atoms with Crippen molar-refractivity contribution in [3.05, 3.63) is 71.3 Å². The normalized spacial score (nSPS) is 22.4. The van der Waals surface area contributed by atoms with Gasteiger partial charge in [0.25, 0.3) is 0 Å². The van der Waals surface area contributed by atoms with Crippen LogP contribution >= 0.6 is 11.6 Å². The molecule has 6 nitrogen and oxygen atoms in total. The van der Waals surface area contributed by atoms with E-state index < -0.39 is 5.97 Å². The Labute approximate surface area is 189 Å². The van der Waals surface area contributed by atoms with Gasteiger partial charge >= 0.3 is 5.97 Å². The maximum absolute atomic E-state index is 13.0. The zero-order valence-corrected chi connectivity index (χ0v) is 17.9. The van der Waals surface area contributed by atoms with Gasteiger partial charge in [-0.05, 0) is 36.6 Å². The van der Waals surface area contributed by atoms with Crippen LogP contribution in [0.3, 0.4) is 0 Å². The second kappa shape index (κ2) is 7.57. The fourth-order valence-electron chi connectivity index (χ4n) is 4.72. The summed E-state index contributed by atoms with van der Waals surface area (Å²) in [6.07, 6.45) is 4.55. The third kappa shape index (κ3) is 3.10. The minimum absolute atomic E-state index is 0.0236. The van der Waals surface area contributed by atoms with Crippen molar-refractivity contribution in [2.75, 3.05) is 4.90 Å². The standard InChI is InChI=1S/C25H19ClN2O4/c1-13-4-2-6-17-21(13)24(30)28(23(17)29)15-10-8-14(9-11-15)20-12-18(25(31)32)16-5-3-7-19(26)22(16)27-20/h2-5,7-13,17,21H,6H2,1H3,(H,31,32). The number of carbonyl (C=O) groups is 3. The van der Waals surface area contributed by atoms with Gasteiger partial charge in [-0.1, -0.05) is 54.9 Å². The molecule has 0 bridgehead atoms. The Morgan fingerprint density at radius 2 is 1.88 bits per heavy atom. The summed E-state index contributed by atoms with van der Waals surface area (Å²) in [7, 11) is 0. The fraction of sp³-hybridized carbons (Fsp3) is 0.200. The molecule has 0 saturated carbocycles. The number of allylic oxidation sites excluding steroid dienone is 2. The van der Waals surface area contributed by atoms with Gasteiger partial charge in [-0.25, -0.2) is 9.78 Å². The molecule has 3 unspecified atom stereocenters. The lowest BCUT2D eigenvalue weighted by atomic mass is 9.78. The first-order valence-electron chi connectivity index (χ1n) is 10.3. The van der Waals surface area contributed by atoms with Gasteiger partial charge in [0.05, 0.1) is 39.3 Å². The predicted molar refractivity (Wildman–Crippen MR) is 122 cm³/mol. The zero-order valence-electron chi connectivity index (χ0n) is 17.2. The molecule has 2 aromatic carbocycles. The van der Waals surface area contributed by atoms with E-state index in [4.69, 9.17) is 11.6 Å². The molecule has 7 heteroatoms. The smallest absolute Gasteiger partial charge is 0.336 e. The molecule has 2 amide bonds. The molecule has 1 aliphatic heterocycles. The molecule has 0 radical (unpaired) electrons. The van der Waals surface area contributed by atoms with Crippen LogP contribution in [-0.2, 0) is 9.59 Å². The number of rotatable bonds is 3. The number of hydrogen-bond donors (Lipinski definition) is 1. The molecule has 160 valence electrons. The molecule has 0 spiro atoms. The Bertz CT molecular complexity index is 1320. The number of amides is 2. The zero-order chi connectivity index (χ0) is 22.6. The number of carbonyl (C=O) groups excluding carboxylic acids is 2. The Kier molecular flexibility index (Phi) is 4.82. The number of benzene rings is 2. The second-order valence-electron chi connectivity index (χ2n) is 8.21. The highest BCUT2D eigenvalue weighted by molar-refractivity contribution is 6.35. The molecular weight excluding hydrogens is 428 g/mol. The molecule has 1 aliphatic carbocycles. The van der Waals surface area contributed by atoms with Gasteiger partial charge in [-0.15, -0.1) is 0 Å². The van der Waals surface area contributed by atoms with Gasteiger partial charge in [-0.2, -0.15) is 0 Å². The molecule has 1 fully saturated rings. The lowest BCUT2D eigenvalue weighted by molar-refractivity contribution is -0.122. The predicted octanol–water partition coefficient (Wildman–Crippen LogP) is 4.96. The van der Waals surface area contributed by atoms with Crippen LogP contribution in [0.25, 0.3) is 22.2 Å². The van der Waals surface area contributed by atoms with Gasteiger partial charge in [0.15, 0.2) is 0 Å². The molecule has 1 saturated heterocycles. The third-order valence-electron chi connectivity index (χ3n) is 6.31. The van der Waals surface area contributed by atoms with Crippen LogP contribution in [0, 0.1) is 17.8 Å². The number of imide groups is 1. The topological polar surface area (TPSA) is 87.6 Å². The highest BCUT2D eigenvalue weighted by atomic mass is 35.5. The number of para-hydroxylation sites is 1. The molecule has 2 aliphatic rings. The van der Waals surface area contributed by atoms with Gasteiger partial charge in [0.1, 0.15) is 0 Å². The average Bonchev–Trinajstić information content (AvgIpc) is 3.04. The minimum Gasteiger partial charge on any atom is -0.478 e. The summed E-state index contributed by atoms with van der Waals surface area (Å²) in [6.45, 7) is 1.96. The van der Waals surface area contributed by atoms with E-state index in [1.54, 1.807) is 42.5 Å². The number of halogens is 1. The van der Waals surface area contributed by atoms with Crippen molar-refractivity contribution >= 4 is 46.0 Å². The summed E-state index contributed by atoms with van der Waals surface area (Å²) >= 11 is 6.27. The van der Waals surface area contributed by atoms with Crippen molar-refractivity contribution in [1.29, 1.82) is 0 Å². The maximum atomic E-state index is 13.0. The summed E-state index contributed by atoms with van der Waals surface area (Å²) in [6, 6.07) is 13.4. The van der Waals surface area contributed by atoms with E-state index in [0.29, 0.717) is 39.3 Å². The van der Waals surface area contributed by atoms with Gasteiger partial charge in [0.2, 0.25) is 11.8 Å². The Hall–Kier alpha value is -3.51. The van der Waals surface area contributed by atoms with E-state index in [1.165, 1.54) is 11.0 Å². The summed E-state index contributed by atoms with van der Waals surface area (Å²) in [5, 5.41) is 10.5. The Morgan fingerprint density at radius 1 is 1.12 bits per heavy atom. The SMILES string of the molecule is CC1C=CCC2C(=O)N(c3ccc(-c4cc(C(=O)O)c5cccc(Cl)c5n4)cc3)C(=O)C12. The first-order valence-corrected chi connectivity index (χ1v) is 10.7. The number of pyridine rings is 1. The minimum atomic E-state index is -1.07. The number of aromatic carboxylic acids is 1. The summed E-state index contributed by atoms with van der Waals surface area (Å²) in [4.78, 5) is 43.6. The Morgan fingerprint density at radius 3 is 2.56 bits per heavy atom. The van der Waals surface area contributed by atoms with E-state index in [2.05, 4.69) is 4.98 Å². The van der Waals surface area contributed by atoms with Crippen molar-refractivity contribution in [2.24, 2.45) is 17.8 Å². The third-order valence-corrected chi connectivity index (χ3v) is 6.62. The summed E-state index contributed by atoms with van der Waals surface area (Å²) in [5.41, 5.74) is 2.11. The molecule has 32 heavy (non-hydrogen) atoms.